The molecule has 7 heteroatoms. The first-order valence-corrected chi connectivity index (χ1v) is 5.33. The number of alkyl halides is 3. The zero-order valence-corrected chi connectivity index (χ0v) is 9.70. The molecule has 0 aliphatic carbocycles. The molecule has 2 heterocycles. The number of aromatic nitrogens is 3. The van der Waals surface area contributed by atoms with Gasteiger partial charge in [-0.1, -0.05) is 17.7 Å². The fourth-order valence-electron chi connectivity index (χ4n) is 1.37. The van der Waals surface area contributed by atoms with Crippen molar-refractivity contribution in [2.75, 3.05) is 0 Å². The van der Waals surface area contributed by atoms with E-state index in [0.29, 0.717) is 5.69 Å². The van der Waals surface area contributed by atoms with E-state index in [1.807, 2.05) is 0 Å². The molecular weight excluding hydrogens is 267 g/mol. The Kier molecular flexibility index (Phi) is 3.47. The maximum absolute atomic E-state index is 12.5. The lowest BCUT2D eigenvalue weighted by Crippen LogP contribution is -2.13. The molecule has 94 valence electrons. The zero-order chi connectivity index (χ0) is 13.2. The number of hydrogen-bond acceptors (Lipinski definition) is 3. The Morgan fingerprint density at radius 2 is 1.89 bits per heavy atom. The zero-order valence-electron chi connectivity index (χ0n) is 8.95. The van der Waals surface area contributed by atoms with Gasteiger partial charge >= 0.3 is 6.18 Å². The van der Waals surface area contributed by atoms with E-state index in [4.69, 9.17) is 11.6 Å². The molecular formula is C11H7ClF3N3. The minimum Gasteiger partial charge on any atom is -0.261 e. The van der Waals surface area contributed by atoms with Gasteiger partial charge in [-0.2, -0.15) is 13.2 Å². The van der Waals surface area contributed by atoms with Crippen LogP contribution in [0.2, 0.25) is 5.15 Å². The fourth-order valence-corrected chi connectivity index (χ4v) is 1.58. The molecule has 3 nitrogen and oxygen atoms in total. The second-order valence-electron chi connectivity index (χ2n) is 3.50. The van der Waals surface area contributed by atoms with Crippen LogP contribution in [-0.2, 0) is 12.6 Å². The van der Waals surface area contributed by atoms with E-state index in [-0.39, 0.29) is 17.3 Å². The summed E-state index contributed by atoms with van der Waals surface area (Å²) in [6.07, 6.45) is -2.88. The van der Waals surface area contributed by atoms with Crippen molar-refractivity contribution in [2.45, 2.75) is 12.6 Å². The molecule has 2 aromatic heterocycles. The smallest absolute Gasteiger partial charge is 0.261 e. The summed E-state index contributed by atoms with van der Waals surface area (Å²) in [5.41, 5.74) is 0.793. The Morgan fingerprint density at radius 1 is 1.11 bits per heavy atom. The van der Waals surface area contributed by atoms with Gasteiger partial charge in [0.1, 0.15) is 5.15 Å². The van der Waals surface area contributed by atoms with E-state index < -0.39 is 12.0 Å². The van der Waals surface area contributed by atoms with Crippen LogP contribution in [-0.4, -0.2) is 15.0 Å². The lowest BCUT2D eigenvalue weighted by molar-refractivity contribution is -0.145. The van der Waals surface area contributed by atoms with Crippen molar-refractivity contribution in [3.8, 4) is 0 Å². The summed E-state index contributed by atoms with van der Waals surface area (Å²) in [5.74, 6) is -1.24. The molecule has 0 N–H and O–H groups in total. The van der Waals surface area contributed by atoms with Crippen LogP contribution in [0.5, 0.6) is 0 Å². The Hall–Kier alpha value is -1.69. The van der Waals surface area contributed by atoms with Crippen molar-refractivity contribution < 1.29 is 13.2 Å². The average Bonchev–Trinajstić information content (AvgIpc) is 2.28. The molecule has 2 aromatic rings. The predicted molar refractivity (Wildman–Crippen MR) is 59.1 cm³/mol. The highest BCUT2D eigenvalue weighted by molar-refractivity contribution is 6.29. The SMILES string of the molecule is FC(F)(F)c1nc(Cl)cc(Cc2ccccn2)n1. The van der Waals surface area contributed by atoms with Gasteiger partial charge in [-0.15, -0.1) is 0 Å². The van der Waals surface area contributed by atoms with Gasteiger partial charge in [0.25, 0.3) is 0 Å². The second-order valence-corrected chi connectivity index (χ2v) is 3.89. The molecule has 18 heavy (non-hydrogen) atoms. The third-order valence-electron chi connectivity index (χ3n) is 2.09. The molecule has 0 radical (unpaired) electrons. The highest BCUT2D eigenvalue weighted by atomic mass is 35.5. The number of nitrogens with zero attached hydrogens (tertiary/aromatic N) is 3. The fraction of sp³-hybridized carbons (Fsp3) is 0.182. The van der Waals surface area contributed by atoms with Gasteiger partial charge in [0.05, 0.1) is 5.69 Å². The highest BCUT2D eigenvalue weighted by Gasteiger charge is 2.35. The first kappa shape index (κ1) is 12.8. The third kappa shape index (κ3) is 3.16. The van der Waals surface area contributed by atoms with Crippen LogP contribution in [0.25, 0.3) is 0 Å². The third-order valence-corrected chi connectivity index (χ3v) is 2.28. The van der Waals surface area contributed by atoms with Crippen molar-refractivity contribution in [1.29, 1.82) is 0 Å². The van der Waals surface area contributed by atoms with E-state index in [1.54, 1.807) is 24.4 Å². The Labute approximate surface area is 106 Å². The number of halogens is 4. The van der Waals surface area contributed by atoms with Gasteiger partial charge in [-0.3, -0.25) is 4.98 Å². The quantitative estimate of drug-likeness (QED) is 0.789. The molecule has 0 bridgehead atoms. The van der Waals surface area contributed by atoms with E-state index in [2.05, 4.69) is 15.0 Å². The molecule has 0 saturated carbocycles. The Bertz CT molecular complexity index is 543. The standard InChI is InChI=1S/C11H7ClF3N3/c12-9-6-8(5-7-3-1-2-4-16-7)17-10(18-9)11(13,14)15/h1-4,6H,5H2. The highest BCUT2D eigenvalue weighted by Crippen LogP contribution is 2.27. The molecule has 0 spiro atoms. The van der Waals surface area contributed by atoms with Crippen molar-refractivity contribution >= 4 is 11.6 Å². The van der Waals surface area contributed by atoms with Gasteiger partial charge in [-0.05, 0) is 18.2 Å². The van der Waals surface area contributed by atoms with Crippen LogP contribution in [0.1, 0.15) is 17.2 Å². The molecule has 0 atom stereocenters. The minimum atomic E-state index is -4.61. The van der Waals surface area contributed by atoms with Crippen LogP contribution in [0, 0.1) is 0 Å². The number of rotatable bonds is 2. The topological polar surface area (TPSA) is 38.7 Å². The molecule has 0 aromatic carbocycles. The summed E-state index contributed by atoms with van der Waals surface area (Å²) < 4.78 is 37.5. The van der Waals surface area contributed by atoms with Gasteiger partial charge in [-0.25, -0.2) is 9.97 Å². The van der Waals surface area contributed by atoms with E-state index in [9.17, 15) is 13.2 Å². The summed E-state index contributed by atoms with van der Waals surface area (Å²) in [6.45, 7) is 0. The Morgan fingerprint density at radius 3 is 2.50 bits per heavy atom. The summed E-state index contributed by atoms with van der Waals surface area (Å²) in [6, 6.07) is 6.46. The van der Waals surface area contributed by atoms with Crippen LogP contribution in [0.15, 0.2) is 30.5 Å². The first-order chi connectivity index (χ1) is 8.45. The summed E-state index contributed by atoms with van der Waals surface area (Å²) in [5, 5.41) is -0.233. The second kappa shape index (κ2) is 4.89. The maximum Gasteiger partial charge on any atom is 0.451 e. The van der Waals surface area contributed by atoms with Crippen LogP contribution in [0.3, 0.4) is 0 Å². The van der Waals surface area contributed by atoms with Crippen molar-refractivity contribution in [1.82, 2.24) is 15.0 Å². The van der Waals surface area contributed by atoms with Crippen molar-refractivity contribution in [3.05, 3.63) is 52.8 Å². The Balaban J connectivity index is 2.32. The van der Waals surface area contributed by atoms with Crippen LogP contribution >= 0.6 is 11.6 Å². The monoisotopic (exact) mass is 273 g/mol. The van der Waals surface area contributed by atoms with Gasteiger partial charge in [0, 0.05) is 18.3 Å². The number of pyridine rings is 1. The first-order valence-electron chi connectivity index (χ1n) is 4.96. The molecule has 0 aliphatic heterocycles. The van der Waals surface area contributed by atoms with Crippen LogP contribution in [0.4, 0.5) is 13.2 Å². The normalized spacial score (nSPS) is 11.6. The van der Waals surface area contributed by atoms with Gasteiger partial charge < -0.3 is 0 Å². The molecule has 0 fully saturated rings. The van der Waals surface area contributed by atoms with Crippen LogP contribution < -0.4 is 0 Å². The van der Waals surface area contributed by atoms with E-state index >= 15 is 0 Å². The van der Waals surface area contributed by atoms with E-state index in [0.717, 1.165) is 0 Å². The molecule has 0 unspecified atom stereocenters. The molecule has 0 saturated heterocycles. The van der Waals surface area contributed by atoms with Crippen molar-refractivity contribution in [2.24, 2.45) is 0 Å². The van der Waals surface area contributed by atoms with Gasteiger partial charge in [0.15, 0.2) is 0 Å². The lowest BCUT2D eigenvalue weighted by atomic mass is 10.2. The summed E-state index contributed by atoms with van der Waals surface area (Å²) >= 11 is 5.55. The van der Waals surface area contributed by atoms with Crippen molar-refractivity contribution in [3.63, 3.8) is 0 Å². The van der Waals surface area contributed by atoms with E-state index in [1.165, 1.54) is 6.07 Å². The van der Waals surface area contributed by atoms with Gasteiger partial charge in [0.2, 0.25) is 5.82 Å². The lowest BCUT2D eigenvalue weighted by Gasteiger charge is -2.07. The molecule has 0 aliphatic rings. The molecule has 2 rings (SSSR count). The number of hydrogen-bond donors (Lipinski definition) is 0. The average molecular weight is 274 g/mol. The summed E-state index contributed by atoms with van der Waals surface area (Å²) in [7, 11) is 0. The predicted octanol–water partition coefficient (Wildman–Crippen LogP) is 3.13. The summed E-state index contributed by atoms with van der Waals surface area (Å²) in [4.78, 5) is 10.6. The maximum atomic E-state index is 12.5. The minimum absolute atomic E-state index is 0.173. The molecule has 0 amide bonds. The largest absolute Gasteiger partial charge is 0.451 e.